The standard InChI is InChI=1S/C28H27FN4O/c29-24-13-11-22(12-14-24)28(34)30-25-15-17-32(18-16-25)19-23-20-33(26-9-5-2-6-10-26)31-27(23)21-7-3-1-4-8-21/h1-14,20,25H,15-19H2,(H,30,34). The lowest BCUT2D eigenvalue weighted by Gasteiger charge is -2.32. The Kier molecular flexibility index (Phi) is 6.49. The van der Waals surface area contributed by atoms with Crippen LogP contribution in [0.15, 0.2) is 91.1 Å². The first kappa shape index (κ1) is 22.0. The van der Waals surface area contributed by atoms with Crippen molar-refractivity contribution in [3.8, 4) is 16.9 Å². The van der Waals surface area contributed by atoms with Gasteiger partial charge in [-0.1, -0.05) is 48.5 Å². The number of rotatable bonds is 6. The normalized spacial score (nSPS) is 14.7. The van der Waals surface area contributed by atoms with Crippen LogP contribution in [0.1, 0.15) is 28.8 Å². The molecule has 0 bridgehead atoms. The molecule has 1 saturated heterocycles. The summed E-state index contributed by atoms with van der Waals surface area (Å²) in [4.78, 5) is 14.9. The molecular formula is C28H27FN4O. The van der Waals surface area contributed by atoms with Gasteiger partial charge in [0.2, 0.25) is 0 Å². The molecule has 2 heterocycles. The second kappa shape index (κ2) is 10.0. The van der Waals surface area contributed by atoms with E-state index in [2.05, 4.69) is 40.7 Å². The van der Waals surface area contributed by atoms with Gasteiger partial charge in [0.05, 0.1) is 11.4 Å². The fourth-order valence-electron chi connectivity index (χ4n) is 4.42. The van der Waals surface area contributed by atoms with E-state index in [0.29, 0.717) is 5.56 Å². The van der Waals surface area contributed by atoms with Gasteiger partial charge >= 0.3 is 0 Å². The number of hydrogen-bond donors (Lipinski definition) is 1. The highest BCUT2D eigenvalue weighted by Crippen LogP contribution is 2.26. The number of carbonyl (C=O) groups is 1. The van der Waals surface area contributed by atoms with E-state index in [9.17, 15) is 9.18 Å². The summed E-state index contributed by atoms with van der Waals surface area (Å²) in [6.07, 6.45) is 3.88. The fraction of sp³-hybridized carbons (Fsp3) is 0.214. The lowest BCUT2D eigenvalue weighted by Crippen LogP contribution is -2.44. The summed E-state index contributed by atoms with van der Waals surface area (Å²) >= 11 is 0. The van der Waals surface area contributed by atoms with Gasteiger partial charge < -0.3 is 5.32 Å². The number of piperidine rings is 1. The molecule has 1 aliphatic rings. The van der Waals surface area contributed by atoms with Crippen LogP contribution < -0.4 is 5.32 Å². The van der Waals surface area contributed by atoms with Crippen LogP contribution in [0.2, 0.25) is 0 Å². The average molecular weight is 455 g/mol. The minimum atomic E-state index is -0.338. The lowest BCUT2D eigenvalue weighted by molar-refractivity contribution is 0.0909. The third kappa shape index (κ3) is 5.07. The molecule has 4 aromatic rings. The summed E-state index contributed by atoms with van der Waals surface area (Å²) in [6.45, 7) is 2.58. The minimum absolute atomic E-state index is 0.120. The maximum absolute atomic E-state index is 13.1. The molecular weight excluding hydrogens is 427 g/mol. The van der Waals surface area contributed by atoms with Crippen LogP contribution in [0.3, 0.4) is 0 Å². The van der Waals surface area contributed by atoms with Gasteiger partial charge in [0.25, 0.3) is 5.91 Å². The van der Waals surface area contributed by atoms with Crippen molar-refractivity contribution in [1.29, 1.82) is 0 Å². The molecule has 6 heteroatoms. The van der Waals surface area contributed by atoms with E-state index in [1.165, 1.54) is 29.8 Å². The Morgan fingerprint density at radius 2 is 1.56 bits per heavy atom. The summed E-state index contributed by atoms with van der Waals surface area (Å²) in [5, 5.41) is 8.01. The smallest absolute Gasteiger partial charge is 0.251 e. The molecule has 1 amide bonds. The number of halogens is 1. The Balaban J connectivity index is 1.26. The zero-order valence-electron chi connectivity index (χ0n) is 18.9. The molecule has 0 radical (unpaired) electrons. The monoisotopic (exact) mass is 454 g/mol. The summed E-state index contributed by atoms with van der Waals surface area (Å²) in [5.74, 6) is -0.482. The van der Waals surface area contributed by atoms with E-state index in [1.54, 1.807) is 0 Å². The van der Waals surface area contributed by atoms with Gasteiger partial charge in [-0.3, -0.25) is 9.69 Å². The fourth-order valence-corrected chi connectivity index (χ4v) is 4.42. The van der Waals surface area contributed by atoms with E-state index in [1.807, 2.05) is 41.1 Å². The molecule has 0 saturated carbocycles. The maximum Gasteiger partial charge on any atom is 0.251 e. The van der Waals surface area contributed by atoms with E-state index in [4.69, 9.17) is 5.10 Å². The molecule has 0 unspecified atom stereocenters. The van der Waals surface area contributed by atoms with Crippen molar-refractivity contribution >= 4 is 5.91 Å². The van der Waals surface area contributed by atoms with Crippen LogP contribution in [0.25, 0.3) is 16.9 Å². The van der Waals surface area contributed by atoms with E-state index in [0.717, 1.165) is 49.4 Å². The minimum Gasteiger partial charge on any atom is -0.349 e. The summed E-state index contributed by atoms with van der Waals surface area (Å²) < 4.78 is 15.1. The third-order valence-corrected chi connectivity index (χ3v) is 6.28. The van der Waals surface area contributed by atoms with E-state index in [-0.39, 0.29) is 17.8 Å². The number of hydrogen-bond acceptors (Lipinski definition) is 3. The van der Waals surface area contributed by atoms with Gasteiger partial charge in [-0.05, 0) is 49.2 Å². The quantitative estimate of drug-likeness (QED) is 0.442. The van der Waals surface area contributed by atoms with Crippen LogP contribution in [-0.4, -0.2) is 39.7 Å². The number of benzene rings is 3. The van der Waals surface area contributed by atoms with Crippen LogP contribution in [0, 0.1) is 5.82 Å². The number of carbonyl (C=O) groups excluding carboxylic acids is 1. The number of nitrogens with one attached hydrogen (secondary N) is 1. The number of nitrogens with zero attached hydrogens (tertiary/aromatic N) is 3. The molecule has 5 nitrogen and oxygen atoms in total. The molecule has 172 valence electrons. The molecule has 0 spiro atoms. The van der Waals surface area contributed by atoms with Crippen LogP contribution in [-0.2, 0) is 6.54 Å². The van der Waals surface area contributed by atoms with Gasteiger partial charge in [-0.15, -0.1) is 0 Å². The third-order valence-electron chi connectivity index (χ3n) is 6.28. The number of para-hydroxylation sites is 1. The summed E-state index contributed by atoms with van der Waals surface area (Å²) in [6, 6.07) is 26.2. The largest absolute Gasteiger partial charge is 0.349 e. The van der Waals surface area contributed by atoms with Gasteiger partial charge in [-0.2, -0.15) is 5.10 Å². The first-order valence-corrected chi connectivity index (χ1v) is 11.6. The van der Waals surface area contributed by atoms with Crippen molar-refractivity contribution in [2.24, 2.45) is 0 Å². The van der Waals surface area contributed by atoms with Gasteiger partial charge in [0, 0.05) is 48.6 Å². The summed E-state index contributed by atoms with van der Waals surface area (Å²) in [5.41, 5.74) is 4.81. The van der Waals surface area contributed by atoms with Crippen LogP contribution >= 0.6 is 0 Å². The van der Waals surface area contributed by atoms with Crippen LogP contribution in [0.5, 0.6) is 0 Å². The first-order chi connectivity index (χ1) is 16.7. The SMILES string of the molecule is O=C(NC1CCN(Cc2cn(-c3ccccc3)nc2-c2ccccc2)CC1)c1ccc(F)cc1. The Morgan fingerprint density at radius 3 is 2.24 bits per heavy atom. The Hall–Kier alpha value is -3.77. The topological polar surface area (TPSA) is 50.2 Å². The zero-order valence-corrected chi connectivity index (χ0v) is 18.9. The van der Waals surface area contributed by atoms with Crippen molar-refractivity contribution in [1.82, 2.24) is 20.0 Å². The van der Waals surface area contributed by atoms with Crippen molar-refractivity contribution in [2.75, 3.05) is 13.1 Å². The highest BCUT2D eigenvalue weighted by atomic mass is 19.1. The molecule has 5 rings (SSSR count). The Bertz CT molecular complexity index is 1230. The highest BCUT2D eigenvalue weighted by Gasteiger charge is 2.23. The van der Waals surface area contributed by atoms with E-state index < -0.39 is 0 Å². The van der Waals surface area contributed by atoms with Crippen molar-refractivity contribution < 1.29 is 9.18 Å². The molecule has 1 N–H and O–H groups in total. The predicted octanol–water partition coefficient (Wildman–Crippen LogP) is 5.07. The first-order valence-electron chi connectivity index (χ1n) is 11.6. The van der Waals surface area contributed by atoms with Gasteiger partial charge in [-0.25, -0.2) is 9.07 Å². The zero-order chi connectivity index (χ0) is 23.3. The average Bonchev–Trinajstić information content (AvgIpc) is 3.30. The predicted molar refractivity (Wildman–Crippen MR) is 131 cm³/mol. The molecule has 0 aliphatic carbocycles. The number of aromatic nitrogens is 2. The lowest BCUT2D eigenvalue weighted by atomic mass is 10.0. The van der Waals surface area contributed by atoms with Crippen molar-refractivity contribution in [3.05, 3.63) is 108 Å². The Morgan fingerprint density at radius 1 is 0.912 bits per heavy atom. The molecule has 34 heavy (non-hydrogen) atoms. The molecule has 1 aromatic heterocycles. The van der Waals surface area contributed by atoms with Crippen molar-refractivity contribution in [2.45, 2.75) is 25.4 Å². The van der Waals surface area contributed by atoms with Crippen molar-refractivity contribution in [3.63, 3.8) is 0 Å². The summed E-state index contributed by atoms with van der Waals surface area (Å²) in [7, 11) is 0. The van der Waals surface area contributed by atoms with Gasteiger partial charge in [0.15, 0.2) is 0 Å². The molecule has 0 atom stereocenters. The highest BCUT2D eigenvalue weighted by molar-refractivity contribution is 5.94. The second-order valence-corrected chi connectivity index (χ2v) is 8.68. The van der Waals surface area contributed by atoms with E-state index >= 15 is 0 Å². The maximum atomic E-state index is 13.1. The number of likely N-dealkylation sites (tertiary alicyclic amines) is 1. The molecule has 1 aliphatic heterocycles. The van der Waals surface area contributed by atoms with Gasteiger partial charge in [0.1, 0.15) is 5.82 Å². The second-order valence-electron chi connectivity index (χ2n) is 8.68. The molecule has 1 fully saturated rings. The Labute approximate surface area is 198 Å². The van der Waals surface area contributed by atoms with Crippen LogP contribution in [0.4, 0.5) is 4.39 Å². The number of amides is 1. The molecule has 3 aromatic carbocycles.